The van der Waals surface area contributed by atoms with Crippen molar-refractivity contribution in [1.82, 2.24) is 26.6 Å². The van der Waals surface area contributed by atoms with Gasteiger partial charge in [-0.2, -0.15) is 23.5 Å². The van der Waals surface area contributed by atoms with Gasteiger partial charge in [0.05, 0.1) is 43.4 Å². The van der Waals surface area contributed by atoms with Gasteiger partial charge in [0.25, 0.3) is 0 Å². The maximum atomic E-state index is 12.9. The van der Waals surface area contributed by atoms with E-state index in [1.807, 2.05) is 11.8 Å². The summed E-state index contributed by atoms with van der Waals surface area (Å²) in [4.78, 5) is 57.4. The van der Waals surface area contributed by atoms with Crippen molar-refractivity contribution in [3.63, 3.8) is 0 Å². The summed E-state index contributed by atoms with van der Waals surface area (Å²) in [5, 5.41) is 91.9. The quantitative estimate of drug-likeness (QED) is 0.0137. The summed E-state index contributed by atoms with van der Waals surface area (Å²) in [6, 6.07) is -5.33. The first-order valence-corrected chi connectivity index (χ1v) is 30.3. The molecule has 1 saturated carbocycles. The highest BCUT2D eigenvalue weighted by Crippen LogP contribution is 2.39. The molecule has 22 atom stereocenters. The molecule has 39 heteroatoms. The number of guanidine groups is 6. The number of aliphatic hydroxyl groups excluding tert-OH is 6. The smallest absolute Gasteiger partial charge is 0.315 e. The maximum Gasteiger partial charge on any atom is 0.315 e. The van der Waals surface area contributed by atoms with Crippen LogP contribution >= 0.6 is 23.5 Å². The summed E-state index contributed by atoms with van der Waals surface area (Å²) in [6.45, 7) is -0.0783. The number of rotatable bonds is 30. The number of nitrogens with one attached hydrogen (secondary N) is 6. The highest BCUT2D eigenvalue weighted by atomic mass is 32.2. The Morgan fingerprint density at radius 3 is 1.81 bits per heavy atom. The first-order valence-electron chi connectivity index (χ1n) is 28.1. The summed E-state index contributed by atoms with van der Waals surface area (Å²) in [6.07, 6.45) is -19.3. The van der Waals surface area contributed by atoms with E-state index >= 15 is 0 Å². The van der Waals surface area contributed by atoms with E-state index in [9.17, 15) is 45.0 Å². The highest BCUT2D eigenvalue weighted by molar-refractivity contribution is 8.00. The van der Waals surface area contributed by atoms with Crippen molar-refractivity contribution in [3.05, 3.63) is 0 Å². The number of carbonyl (C=O) groups is 3. The number of hydrogen-bond donors (Lipinski definition) is 23. The van der Waals surface area contributed by atoms with E-state index in [0.717, 1.165) is 25.0 Å². The molecule has 0 bridgehead atoms. The number of ether oxygens (including phenoxy) is 6. The van der Waals surface area contributed by atoms with Crippen molar-refractivity contribution in [2.24, 2.45) is 88.0 Å². The van der Waals surface area contributed by atoms with Crippen LogP contribution in [0.15, 0.2) is 25.0 Å². The lowest BCUT2D eigenvalue weighted by Gasteiger charge is -2.47. The molecule has 37 nitrogen and oxygen atoms in total. The molecule has 0 aromatic rings. The van der Waals surface area contributed by atoms with Gasteiger partial charge in [0.2, 0.25) is 11.8 Å². The average molecular weight is 1270 g/mol. The number of hydrogen-bond acceptors (Lipinski definition) is 23. The van der Waals surface area contributed by atoms with Gasteiger partial charge in [-0.15, -0.1) is 0 Å². The fourth-order valence-electron chi connectivity index (χ4n) is 10.8. The molecule has 6 aliphatic rings. The van der Waals surface area contributed by atoms with Crippen molar-refractivity contribution < 1.29 is 73.4 Å². The van der Waals surface area contributed by atoms with Gasteiger partial charge in [0, 0.05) is 48.4 Å². The van der Waals surface area contributed by atoms with Gasteiger partial charge in [0.1, 0.15) is 79.2 Å². The van der Waals surface area contributed by atoms with Gasteiger partial charge in [-0.1, -0.05) is 12.8 Å². The van der Waals surface area contributed by atoms with Gasteiger partial charge in [-0.25, -0.2) is 19.8 Å². The van der Waals surface area contributed by atoms with Gasteiger partial charge in [-0.05, 0) is 32.1 Å². The van der Waals surface area contributed by atoms with Crippen molar-refractivity contribution in [2.75, 3.05) is 43.4 Å². The third-order valence-corrected chi connectivity index (χ3v) is 17.5. The van der Waals surface area contributed by atoms with Crippen LogP contribution in [0.1, 0.15) is 57.8 Å². The number of carbonyl (C=O) groups excluding carboxylic acids is 3. The Morgan fingerprint density at radius 1 is 0.616 bits per heavy atom. The van der Waals surface area contributed by atoms with Crippen LogP contribution in [0.4, 0.5) is 4.79 Å². The van der Waals surface area contributed by atoms with Crippen LogP contribution in [0, 0.1) is 5.41 Å². The van der Waals surface area contributed by atoms with E-state index in [1.165, 1.54) is 11.8 Å². The summed E-state index contributed by atoms with van der Waals surface area (Å²) in [5.41, 5.74) is 62.9. The van der Waals surface area contributed by atoms with Crippen molar-refractivity contribution in [1.29, 1.82) is 5.41 Å². The maximum absolute atomic E-state index is 12.9. The number of nitrogens with two attached hydrogens (primary N) is 11. The topological polar surface area (TPSA) is 660 Å². The Labute approximate surface area is 503 Å². The predicted molar refractivity (Wildman–Crippen MR) is 316 cm³/mol. The Morgan fingerprint density at radius 2 is 1.19 bits per heavy atom. The molecular weight excluding hydrogens is 1180 g/mol. The summed E-state index contributed by atoms with van der Waals surface area (Å²) in [7, 11) is 0. The highest BCUT2D eigenvalue weighted by Gasteiger charge is 2.56. The fourth-order valence-corrected chi connectivity index (χ4v) is 13.3. The molecule has 0 spiro atoms. The minimum absolute atomic E-state index is 0.00898. The lowest BCUT2D eigenvalue weighted by Crippen LogP contribution is -2.66. The molecule has 0 aromatic heterocycles. The Balaban J connectivity index is 1.13. The van der Waals surface area contributed by atoms with E-state index in [1.54, 1.807) is 0 Å². The minimum atomic E-state index is -1.84. The second-order valence-electron chi connectivity index (χ2n) is 21.5. The van der Waals surface area contributed by atoms with Crippen molar-refractivity contribution in [2.45, 2.75) is 191 Å². The number of fused-ring (bicyclic) bond motifs is 1. The number of urea groups is 1. The lowest BCUT2D eigenvalue weighted by atomic mass is 9.83. The first kappa shape index (κ1) is 69.2. The van der Waals surface area contributed by atoms with Crippen LogP contribution in [0.5, 0.6) is 0 Å². The molecule has 1 aliphatic carbocycles. The predicted octanol–water partition coefficient (Wildman–Crippen LogP) is -10.5. The SMILES string of the molecule is N=C(N)N[C@H]1[C@@H](O[C@H]2[C@@H](O)[C@H](O[C@@H]3[C@@H](O)[C@H](N=C(N)N)C[C@H](N=C(N)N)[C@H]3O[C@H]3O[C@H](CN=C(N)N)[C@@H](O)[C@H](O)[C@H]3N=C(N)N)O[C@@H]2CSCCNC(=O)CCCCCNC(=O)CCCC[C@@H]2SCC3NC(=O)NC32)O[C@@H](CN=C(N)N)[C@@H](O)[C@@H]1O. The molecule has 0 aromatic carbocycles. The molecule has 488 valence electrons. The van der Waals surface area contributed by atoms with Gasteiger partial charge >= 0.3 is 6.03 Å². The standard InChI is InChI=1S/C47H88N22O15S2/c48-41(49)62-13-20-30(73)32(75)27(67-45(56)57)38(79-20)82-35-18(65-44(54)55)12-17(64-43(52)53)29(72)37(35)84-40-34(77)36(83-39-28(68-46(58)59)33(76)31(74)21(80-39)14-63-42(50)51)22(81-40)16-85-11-10-61-25(71)7-2-1-5-9-60-24(70)8-4-3-6-23-26-19(15-86-23)66-47(78)69-26/h17-23,26-40,72-77H,1-16H2,(H,60,70)(H,61,71)(H4,48,49,62)(H4,50,51,63)(H4,52,53,64)(H4,54,55,65)(H4,56,57,67)(H4,58,59,68)(H2,66,69,78)/t17-,18+,19?,20-,21+,22-,23+,26?,27-,28-,29+,30-,31-,32-,33-,34-,35-,36-,37-,38-,39-,40+/m1/s1. The second-order valence-corrected chi connectivity index (χ2v) is 23.9. The molecule has 4 amide bonds. The molecule has 5 saturated heterocycles. The first-order chi connectivity index (χ1) is 40.8. The van der Waals surface area contributed by atoms with Crippen LogP contribution in [-0.2, 0) is 38.0 Å². The minimum Gasteiger partial charge on any atom is -0.388 e. The Hall–Kier alpha value is -5.95. The van der Waals surface area contributed by atoms with Crippen LogP contribution in [0.25, 0.3) is 0 Å². The van der Waals surface area contributed by atoms with E-state index in [4.69, 9.17) is 96.9 Å². The number of unbranched alkanes of at least 4 members (excludes halogenated alkanes) is 3. The third kappa shape index (κ3) is 19.8. The molecule has 6 fully saturated rings. The Kier molecular flexibility index (Phi) is 26.4. The van der Waals surface area contributed by atoms with E-state index in [2.05, 4.69) is 51.5 Å². The number of thioether (sulfide) groups is 2. The summed E-state index contributed by atoms with van der Waals surface area (Å²) < 4.78 is 37.9. The molecule has 5 aliphatic heterocycles. The van der Waals surface area contributed by atoms with Crippen LogP contribution in [0.3, 0.4) is 0 Å². The molecule has 2 unspecified atom stereocenters. The van der Waals surface area contributed by atoms with Crippen LogP contribution < -0.4 is 89.7 Å². The van der Waals surface area contributed by atoms with Crippen molar-refractivity contribution in [3.8, 4) is 0 Å². The van der Waals surface area contributed by atoms with Crippen molar-refractivity contribution >= 4 is 77.1 Å². The van der Waals surface area contributed by atoms with E-state index < -0.39 is 147 Å². The summed E-state index contributed by atoms with van der Waals surface area (Å²) in [5.74, 6) is -1.92. The van der Waals surface area contributed by atoms with E-state index in [0.29, 0.717) is 43.2 Å². The molecule has 5 heterocycles. The van der Waals surface area contributed by atoms with Crippen LogP contribution in [-0.4, -0.2) is 261 Å². The summed E-state index contributed by atoms with van der Waals surface area (Å²) >= 11 is 3.11. The van der Waals surface area contributed by atoms with Crippen LogP contribution in [0.2, 0.25) is 0 Å². The molecule has 34 N–H and O–H groups in total. The average Bonchev–Trinajstić information content (AvgIpc) is 1.26. The zero-order chi connectivity index (χ0) is 62.9. The fraction of sp³-hybridized carbons (Fsp3) is 0.809. The third-order valence-electron chi connectivity index (χ3n) is 14.9. The molecular formula is C47H88N22O15S2. The number of amides is 4. The molecule has 86 heavy (non-hydrogen) atoms. The number of aliphatic imine (C=N–C) groups is 5. The largest absolute Gasteiger partial charge is 0.388 e. The molecule has 0 radical (unpaired) electrons. The van der Waals surface area contributed by atoms with Gasteiger partial charge < -0.3 is 149 Å². The lowest BCUT2D eigenvalue weighted by molar-refractivity contribution is -0.306. The van der Waals surface area contributed by atoms with Gasteiger partial charge in [-0.3, -0.25) is 25.0 Å². The monoisotopic (exact) mass is 1260 g/mol. The zero-order valence-electron chi connectivity index (χ0n) is 47.3. The van der Waals surface area contributed by atoms with E-state index in [-0.39, 0.29) is 73.5 Å². The van der Waals surface area contributed by atoms with Gasteiger partial charge in [0.15, 0.2) is 54.6 Å². The zero-order valence-corrected chi connectivity index (χ0v) is 48.9. The second kappa shape index (κ2) is 32.9. The number of nitrogens with zero attached hydrogens (tertiary/aromatic N) is 5. The molecule has 6 rings (SSSR count). The Bertz CT molecular complexity index is 2390. The number of aliphatic hydroxyl groups is 6. The normalized spacial score (nSPS) is 35.6.